The van der Waals surface area contributed by atoms with Gasteiger partial charge in [0.2, 0.25) is 0 Å². The van der Waals surface area contributed by atoms with E-state index in [9.17, 15) is 0 Å². The van der Waals surface area contributed by atoms with Crippen LogP contribution in [0.3, 0.4) is 0 Å². The third-order valence-electron chi connectivity index (χ3n) is 14.3. The summed E-state index contributed by atoms with van der Waals surface area (Å²) in [6.07, 6.45) is 11.9. The van der Waals surface area contributed by atoms with Crippen molar-refractivity contribution in [3.63, 3.8) is 0 Å². The van der Waals surface area contributed by atoms with Crippen LogP contribution in [-0.4, -0.2) is 0 Å². The predicted molar refractivity (Wildman–Crippen MR) is 293 cm³/mol. The Morgan fingerprint density at radius 2 is 0.638 bits per heavy atom. The Labute approximate surface area is 407 Å². The van der Waals surface area contributed by atoms with Crippen molar-refractivity contribution in [2.24, 2.45) is 0 Å². The lowest BCUT2D eigenvalue weighted by Crippen LogP contribution is -2.27. The van der Waals surface area contributed by atoms with Gasteiger partial charge in [-0.15, -0.1) is 0 Å². The molecule has 0 unspecified atom stereocenters. The number of nitrogens with zero attached hydrogens (tertiary/aromatic N) is 2. The molecular formula is C67H56N2. The number of rotatable bonds is 12. The van der Waals surface area contributed by atoms with E-state index >= 15 is 0 Å². The number of benzene rings is 10. The first-order valence-corrected chi connectivity index (χ1v) is 24.6. The van der Waals surface area contributed by atoms with Crippen LogP contribution < -0.4 is 9.80 Å². The molecule has 0 saturated heterocycles. The molecule has 10 aromatic rings. The molecule has 0 N–H and O–H groups in total. The molecule has 11 rings (SSSR count). The van der Waals surface area contributed by atoms with Crippen LogP contribution in [-0.2, 0) is 5.41 Å². The van der Waals surface area contributed by atoms with E-state index in [1.165, 1.54) is 91.8 Å². The molecule has 2 nitrogen and oxygen atoms in total. The minimum Gasteiger partial charge on any atom is -0.317 e. The second-order valence-electron chi connectivity index (χ2n) is 18.4. The van der Waals surface area contributed by atoms with Crippen LogP contribution >= 0.6 is 0 Å². The predicted octanol–water partition coefficient (Wildman–Crippen LogP) is 18.1. The van der Waals surface area contributed by atoms with Crippen molar-refractivity contribution in [1.29, 1.82) is 0 Å². The van der Waals surface area contributed by atoms with Crippen LogP contribution in [0, 0.1) is 0 Å². The van der Waals surface area contributed by atoms with E-state index in [1.807, 2.05) is 0 Å². The van der Waals surface area contributed by atoms with Crippen molar-refractivity contribution >= 4 is 55.4 Å². The van der Waals surface area contributed by atoms with E-state index in [0.29, 0.717) is 0 Å². The number of hydrogen-bond donors (Lipinski definition) is 0. The molecule has 334 valence electrons. The van der Waals surface area contributed by atoms with Gasteiger partial charge in [0.05, 0.1) is 0 Å². The maximum atomic E-state index is 2.42. The van der Waals surface area contributed by atoms with Crippen molar-refractivity contribution in [1.82, 2.24) is 0 Å². The van der Waals surface area contributed by atoms with Gasteiger partial charge in [-0.1, -0.05) is 232 Å². The van der Waals surface area contributed by atoms with E-state index < -0.39 is 0 Å². The standard InChI is InChI=1S/C67H56N2/c1-2-20-48-67(47-19-1,55-39-43-59(44-40-55)68(57-31-11-5-12-32-57)49-65(53-23-7-3-8-24-53)63-37-21-29-51-27-15-17-35-61(51)63)56-41-45-60(46-42-56)69(58-33-13-6-14-34-58)50-66(54-25-9-4-10-26-54)64-38-22-30-52-28-16-18-36-62(52)64/h3-18,21-46,49-50H,1-2,19-20,47-48H2/b65-49-,66-50-. The van der Waals surface area contributed by atoms with Crippen molar-refractivity contribution in [2.75, 3.05) is 9.80 Å². The number of para-hydroxylation sites is 2. The highest BCUT2D eigenvalue weighted by Crippen LogP contribution is 2.46. The second kappa shape index (κ2) is 20.0. The van der Waals surface area contributed by atoms with Gasteiger partial charge < -0.3 is 9.80 Å². The van der Waals surface area contributed by atoms with Gasteiger partial charge in [0, 0.05) is 51.7 Å². The van der Waals surface area contributed by atoms with Gasteiger partial charge in [0.25, 0.3) is 0 Å². The van der Waals surface area contributed by atoms with Crippen LogP contribution in [0.5, 0.6) is 0 Å². The van der Waals surface area contributed by atoms with E-state index in [1.54, 1.807) is 0 Å². The molecule has 0 atom stereocenters. The van der Waals surface area contributed by atoms with Gasteiger partial charge in [-0.05, 0) is 116 Å². The lowest BCUT2D eigenvalue weighted by atomic mass is 9.69. The lowest BCUT2D eigenvalue weighted by molar-refractivity contribution is 0.446. The molecule has 0 heterocycles. The topological polar surface area (TPSA) is 6.48 Å². The zero-order valence-corrected chi connectivity index (χ0v) is 39.0. The summed E-state index contributed by atoms with van der Waals surface area (Å²) < 4.78 is 0. The minimum absolute atomic E-state index is 0.106. The smallest absolute Gasteiger partial charge is 0.0455 e. The van der Waals surface area contributed by atoms with E-state index in [0.717, 1.165) is 35.6 Å². The highest BCUT2D eigenvalue weighted by atomic mass is 15.1. The van der Waals surface area contributed by atoms with E-state index in [-0.39, 0.29) is 5.41 Å². The summed E-state index contributed by atoms with van der Waals surface area (Å²) in [4.78, 5) is 4.74. The second-order valence-corrected chi connectivity index (χ2v) is 18.4. The highest BCUT2D eigenvalue weighted by Gasteiger charge is 2.35. The molecule has 1 saturated carbocycles. The Morgan fingerprint density at radius 1 is 0.304 bits per heavy atom. The first-order valence-electron chi connectivity index (χ1n) is 24.6. The molecule has 0 aromatic heterocycles. The van der Waals surface area contributed by atoms with Gasteiger partial charge >= 0.3 is 0 Å². The van der Waals surface area contributed by atoms with Gasteiger partial charge in [-0.25, -0.2) is 0 Å². The molecule has 0 spiro atoms. The van der Waals surface area contributed by atoms with Crippen LogP contribution in [0.4, 0.5) is 22.7 Å². The first-order chi connectivity index (χ1) is 34.2. The molecule has 1 aliphatic carbocycles. The van der Waals surface area contributed by atoms with Crippen LogP contribution in [0.1, 0.15) is 71.9 Å². The summed E-state index contributed by atoms with van der Waals surface area (Å²) in [6.45, 7) is 0. The average molecular weight is 889 g/mol. The number of hydrogen-bond acceptors (Lipinski definition) is 2. The van der Waals surface area contributed by atoms with Crippen molar-refractivity contribution in [2.45, 2.75) is 43.9 Å². The lowest BCUT2D eigenvalue weighted by Gasteiger charge is -2.35. The molecule has 0 bridgehead atoms. The fraction of sp³-hybridized carbons (Fsp3) is 0.104. The van der Waals surface area contributed by atoms with Crippen LogP contribution in [0.25, 0.3) is 32.7 Å². The van der Waals surface area contributed by atoms with Crippen LogP contribution in [0.15, 0.2) is 267 Å². The molecular weight excluding hydrogens is 833 g/mol. The minimum atomic E-state index is -0.106. The number of anilines is 4. The van der Waals surface area contributed by atoms with Gasteiger partial charge in [0.15, 0.2) is 0 Å². The van der Waals surface area contributed by atoms with Crippen molar-refractivity contribution < 1.29 is 0 Å². The normalized spacial score (nSPS) is 14.0. The number of fused-ring (bicyclic) bond motifs is 2. The quantitative estimate of drug-likeness (QED) is 0.113. The maximum absolute atomic E-state index is 2.42. The average Bonchev–Trinajstić information content (AvgIpc) is 3.70. The first kappa shape index (κ1) is 43.4. The Kier molecular flexibility index (Phi) is 12.5. The Balaban J connectivity index is 1.00. The Morgan fingerprint density at radius 3 is 1.04 bits per heavy atom. The largest absolute Gasteiger partial charge is 0.317 e. The molecule has 2 heteroatoms. The Hall–Kier alpha value is -8.20. The summed E-state index contributed by atoms with van der Waals surface area (Å²) >= 11 is 0. The Bertz CT molecular complexity index is 3120. The monoisotopic (exact) mass is 888 g/mol. The molecule has 0 radical (unpaired) electrons. The summed E-state index contributed by atoms with van der Waals surface area (Å²) in [6, 6.07) is 93.1. The van der Waals surface area contributed by atoms with Gasteiger partial charge in [-0.3, -0.25) is 0 Å². The highest BCUT2D eigenvalue weighted by molar-refractivity contribution is 6.00. The molecule has 0 amide bonds. The third-order valence-corrected chi connectivity index (χ3v) is 14.3. The fourth-order valence-electron chi connectivity index (χ4n) is 10.7. The van der Waals surface area contributed by atoms with Crippen molar-refractivity contribution in [3.05, 3.63) is 301 Å². The zero-order chi connectivity index (χ0) is 46.2. The third kappa shape index (κ3) is 9.02. The van der Waals surface area contributed by atoms with Crippen molar-refractivity contribution in [3.8, 4) is 0 Å². The molecule has 1 aliphatic rings. The fourth-order valence-corrected chi connectivity index (χ4v) is 10.7. The SMILES string of the molecule is C(=C(\c1ccccc1)c1cccc2ccccc12)/N(c1ccccc1)c1ccc(C2(c3ccc(N(/C=C(/c4ccccc4)c4cccc5ccccc45)c4ccccc4)cc3)CCCCCC2)cc1. The molecule has 0 aliphatic heterocycles. The zero-order valence-electron chi connectivity index (χ0n) is 39.0. The van der Waals surface area contributed by atoms with E-state index in [2.05, 4.69) is 277 Å². The van der Waals surface area contributed by atoms with E-state index in [4.69, 9.17) is 0 Å². The van der Waals surface area contributed by atoms with Crippen LogP contribution in [0.2, 0.25) is 0 Å². The summed E-state index contributed by atoms with van der Waals surface area (Å²) in [7, 11) is 0. The summed E-state index contributed by atoms with van der Waals surface area (Å²) in [5.41, 5.74) is 14.3. The van der Waals surface area contributed by atoms with Gasteiger partial charge in [0.1, 0.15) is 0 Å². The molecule has 10 aromatic carbocycles. The maximum Gasteiger partial charge on any atom is 0.0455 e. The summed E-state index contributed by atoms with van der Waals surface area (Å²) in [5.74, 6) is 0. The summed E-state index contributed by atoms with van der Waals surface area (Å²) in [5, 5.41) is 4.95. The molecule has 1 fully saturated rings. The molecule has 69 heavy (non-hydrogen) atoms. The van der Waals surface area contributed by atoms with Gasteiger partial charge in [-0.2, -0.15) is 0 Å².